The molecule has 0 fully saturated rings. The maximum Gasteiger partial charge on any atom is 0.331 e. The second kappa shape index (κ2) is 11.8. The van der Waals surface area contributed by atoms with Crippen molar-refractivity contribution in [3.8, 4) is 17.4 Å². The highest BCUT2D eigenvalue weighted by molar-refractivity contribution is 6.76. The number of pyridine rings is 1. The second-order valence-electron chi connectivity index (χ2n) is 10.3. The quantitative estimate of drug-likeness (QED) is 0.214. The molecule has 0 saturated heterocycles. The van der Waals surface area contributed by atoms with Gasteiger partial charge in [0.05, 0.1) is 11.2 Å². The van der Waals surface area contributed by atoms with Crippen LogP contribution in [-0.4, -0.2) is 24.1 Å². The van der Waals surface area contributed by atoms with Crippen molar-refractivity contribution >= 4 is 31.2 Å². The van der Waals surface area contributed by atoms with E-state index in [1.165, 1.54) is 5.56 Å². The minimum atomic E-state index is -1.38. The summed E-state index contributed by atoms with van der Waals surface area (Å²) in [5.74, 6) is 0.646. The molecule has 3 rings (SSSR count). The van der Waals surface area contributed by atoms with Gasteiger partial charge in [-0.05, 0) is 67.7 Å². The molecule has 5 nitrogen and oxygen atoms in total. The number of aromatic nitrogens is 1. The highest BCUT2D eigenvalue weighted by Crippen LogP contribution is 2.36. The SMILES string of the molecule is CC(=C(CC[Si](C)(C)C)C(=O)O)c1cc(C)c(Oc2ccc(OCc3ccc(C)cc3)cn2)c(Cl)c1. The van der Waals surface area contributed by atoms with Gasteiger partial charge in [0, 0.05) is 19.7 Å². The molecule has 0 aliphatic heterocycles. The molecule has 0 atom stereocenters. The van der Waals surface area contributed by atoms with Crippen LogP contribution in [0.25, 0.3) is 5.57 Å². The van der Waals surface area contributed by atoms with Gasteiger partial charge in [-0.2, -0.15) is 0 Å². The van der Waals surface area contributed by atoms with Gasteiger partial charge in [-0.1, -0.05) is 67.1 Å². The zero-order valence-corrected chi connectivity index (χ0v) is 23.6. The number of allylic oxidation sites excluding steroid dienone is 1. The van der Waals surface area contributed by atoms with Crippen molar-refractivity contribution < 1.29 is 19.4 Å². The van der Waals surface area contributed by atoms with Gasteiger partial charge in [-0.3, -0.25) is 0 Å². The number of hydrogen-bond donors (Lipinski definition) is 1. The number of carboxylic acids is 1. The number of carboxylic acid groups (broad SMARTS) is 1. The Kier molecular flexibility index (Phi) is 8.98. The van der Waals surface area contributed by atoms with Crippen LogP contribution in [0.5, 0.6) is 17.4 Å². The Morgan fingerprint density at radius 2 is 1.75 bits per heavy atom. The van der Waals surface area contributed by atoms with Crippen LogP contribution in [0.4, 0.5) is 0 Å². The molecule has 0 unspecified atom stereocenters. The molecule has 190 valence electrons. The van der Waals surface area contributed by atoms with Crippen LogP contribution in [0.3, 0.4) is 0 Å². The Bertz CT molecular complexity index is 1220. The van der Waals surface area contributed by atoms with Crippen LogP contribution >= 0.6 is 11.6 Å². The summed E-state index contributed by atoms with van der Waals surface area (Å²) in [6, 6.07) is 16.3. The van der Waals surface area contributed by atoms with Gasteiger partial charge in [0.25, 0.3) is 0 Å². The van der Waals surface area contributed by atoms with Gasteiger partial charge in [0.2, 0.25) is 5.88 Å². The van der Waals surface area contributed by atoms with E-state index in [4.69, 9.17) is 21.1 Å². The van der Waals surface area contributed by atoms with Crippen LogP contribution in [-0.2, 0) is 11.4 Å². The van der Waals surface area contributed by atoms with Crippen molar-refractivity contribution in [1.29, 1.82) is 0 Å². The molecule has 7 heteroatoms. The molecule has 1 heterocycles. The van der Waals surface area contributed by atoms with E-state index in [-0.39, 0.29) is 0 Å². The average molecular weight is 524 g/mol. The molecular formula is C29H34ClNO4Si. The second-order valence-corrected chi connectivity index (χ2v) is 16.3. The molecule has 0 spiro atoms. The minimum absolute atomic E-state index is 0.393. The van der Waals surface area contributed by atoms with E-state index in [2.05, 4.69) is 43.7 Å². The normalized spacial score (nSPS) is 12.2. The third-order valence-electron chi connectivity index (χ3n) is 5.94. The predicted molar refractivity (Wildman–Crippen MR) is 149 cm³/mol. The standard InChI is InChI=1S/C29H34ClNO4Si/c1-19-7-9-22(10-8-19)18-34-24-11-12-27(31-17-24)35-28-20(2)15-23(16-26(28)30)21(3)25(29(32)33)13-14-36(4,5)6/h7-12,15-17H,13-14,18H2,1-6H3,(H,32,33). The van der Waals surface area contributed by atoms with Crippen molar-refractivity contribution in [3.05, 3.63) is 87.6 Å². The fourth-order valence-electron chi connectivity index (χ4n) is 3.67. The topological polar surface area (TPSA) is 68.7 Å². The van der Waals surface area contributed by atoms with Gasteiger partial charge >= 0.3 is 5.97 Å². The van der Waals surface area contributed by atoms with Crippen LogP contribution in [0.15, 0.2) is 60.3 Å². The first-order chi connectivity index (χ1) is 16.9. The third kappa shape index (κ3) is 7.70. The Labute approximate surface area is 219 Å². The highest BCUT2D eigenvalue weighted by atomic mass is 35.5. The predicted octanol–water partition coefficient (Wildman–Crippen LogP) is 8.31. The summed E-state index contributed by atoms with van der Waals surface area (Å²) in [5, 5.41) is 10.2. The number of aliphatic carboxylic acids is 1. The zero-order valence-electron chi connectivity index (χ0n) is 21.8. The van der Waals surface area contributed by atoms with Gasteiger partial charge in [0.15, 0.2) is 5.75 Å². The Morgan fingerprint density at radius 1 is 1.06 bits per heavy atom. The van der Waals surface area contributed by atoms with Crippen LogP contribution < -0.4 is 9.47 Å². The number of ether oxygens (including phenoxy) is 2. The minimum Gasteiger partial charge on any atom is -0.487 e. The summed E-state index contributed by atoms with van der Waals surface area (Å²) in [6.07, 6.45) is 2.17. The van der Waals surface area contributed by atoms with Crippen molar-refractivity contribution in [3.63, 3.8) is 0 Å². The summed E-state index contributed by atoms with van der Waals surface area (Å²) in [4.78, 5) is 16.3. The molecule has 3 aromatic rings. The molecule has 0 radical (unpaired) electrons. The molecule has 1 aromatic heterocycles. The van der Waals surface area contributed by atoms with Crippen molar-refractivity contribution in [1.82, 2.24) is 4.98 Å². The summed E-state index contributed by atoms with van der Waals surface area (Å²) in [5.41, 5.74) is 5.03. The molecule has 0 amide bonds. The number of carbonyl (C=O) groups is 1. The summed E-state index contributed by atoms with van der Waals surface area (Å²) >= 11 is 6.58. The maximum atomic E-state index is 12.0. The number of hydrogen-bond acceptors (Lipinski definition) is 4. The van der Waals surface area contributed by atoms with E-state index in [1.807, 2.05) is 32.0 Å². The van der Waals surface area contributed by atoms with Crippen molar-refractivity contribution in [2.75, 3.05) is 0 Å². The number of benzene rings is 2. The van der Waals surface area contributed by atoms with E-state index >= 15 is 0 Å². The summed E-state index contributed by atoms with van der Waals surface area (Å²) < 4.78 is 11.8. The molecule has 36 heavy (non-hydrogen) atoms. The summed E-state index contributed by atoms with van der Waals surface area (Å²) in [7, 11) is -1.38. The lowest BCUT2D eigenvalue weighted by Crippen LogP contribution is -2.20. The lowest BCUT2D eigenvalue weighted by molar-refractivity contribution is -0.132. The lowest BCUT2D eigenvalue weighted by atomic mass is 9.98. The van der Waals surface area contributed by atoms with Crippen LogP contribution in [0, 0.1) is 13.8 Å². The van der Waals surface area contributed by atoms with Crippen LogP contribution in [0.1, 0.15) is 35.6 Å². The Hall–Kier alpha value is -3.09. The third-order valence-corrected chi connectivity index (χ3v) is 7.97. The molecule has 1 N–H and O–H groups in total. The maximum absolute atomic E-state index is 12.0. The van der Waals surface area contributed by atoms with Crippen molar-refractivity contribution in [2.45, 2.75) is 59.5 Å². The molecule has 2 aromatic carbocycles. The number of rotatable bonds is 10. The first-order valence-corrected chi connectivity index (χ1v) is 16.1. The van der Waals surface area contributed by atoms with Gasteiger partial charge < -0.3 is 14.6 Å². The molecule has 0 bridgehead atoms. The van der Waals surface area contributed by atoms with Gasteiger partial charge in [0.1, 0.15) is 12.4 Å². The lowest BCUT2D eigenvalue weighted by Gasteiger charge is -2.18. The Morgan fingerprint density at radius 3 is 2.31 bits per heavy atom. The van der Waals surface area contributed by atoms with Crippen molar-refractivity contribution in [2.24, 2.45) is 0 Å². The molecular weight excluding hydrogens is 490 g/mol. The van der Waals surface area contributed by atoms with E-state index in [0.717, 1.165) is 28.3 Å². The molecule has 0 saturated carbocycles. The number of halogens is 1. The molecule has 0 aliphatic carbocycles. The van der Waals surface area contributed by atoms with E-state index in [0.29, 0.717) is 41.0 Å². The van der Waals surface area contributed by atoms with E-state index in [9.17, 15) is 9.90 Å². The molecule has 0 aliphatic rings. The monoisotopic (exact) mass is 523 g/mol. The number of nitrogens with zero attached hydrogens (tertiary/aromatic N) is 1. The number of aryl methyl sites for hydroxylation is 2. The van der Waals surface area contributed by atoms with Gasteiger partial charge in [-0.15, -0.1) is 0 Å². The zero-order chi connectivity index (χ0) is 26.5. The Balaban J connectivity index is 1.74. The van der Waals surface area contributed by atoms with E-state index in [1.54, 1.807) is 24.4 Å². The first kappa shape index (κ1) is 27.5. The van der Waals surface area contributed by atoms with Gasteiger partial charge in [-0.25, -0.2) is 9.78 Å². The fraction of sp³-hybridized carbons (Fsp3) is 0.310. The first-order valence-electron chi connectivity index (χ1n) is 12.0. The van der Waals surface area contributed by atoms with Crippen LogP contribution in [0.2, 0.25) is 30.7 Å². The summed E-state index contributed by atoms with van der Waals surface area (Å²) in [6.45, 7) is 13.0. The largest absolute Gasteiger partial charge is 0.487 e. The fourth-order valence-corrected chi connectivity index (χ4v) is 4.98. The smallest absolute Gasteiger partial charge is 0.331 e. The average Bonchev–Trinajstić information content (AvgIpc) is 2.80. The highest BCUT2D eigenvalue weighted by Gasteiger charge is 2.20. The van der Waals surface area contributed by atoms with E-state index < -0.39 is 14.0 Å².